The molecule has 0 heterocycles. The van der Waals surface area contributed by atoms with Crippen LogP contribution in [0.2, 0.25) is 0 Å². The summed E-state index contributed by atoms with van der Waals surface area (Å²) in [5, 5.41) is 13.0. The molecule has 3 unspecified atom stereocenters. The third-order valence-electron chi connectivity index (χ3n) is 7.20. The maximum Gasteiger partial charge on any atom is 0.515 e. The lowest BCUT2D eigenvalue weighted by Crippen LogP contribution is -2.46. The molecule has 7 nitrogen and oxygen atoms in total. The van der Waals surface area contributed by atoms with E-state index in [-0.39, 0.29) is 6.61 Å². The molecule has 3 atom stereocenters. The molecule has 8 heteroatoms. The van der Waals surface area contributed by atoms with Crippen molar-refractivity contribution in [3.8, 4) is 17.2 Å². The van der Waals surface area contributed by atoms with Crippen LogP contribution in [-0.2, 0) is 11.2 Å². The van der Waals surface area contributed by atoms with E-state index in [4.69, 9.17) is 14.2 Å². The van der Waals surface area contributed by atoms with E-state index in [9.17, 15) is 14.6 Å². The van der Waals surface area contributed by atoms with Gasteiger partial charge in [-0.05, 0) is 65.9 Å². The minimum absolute atomic E-state index is 0.146. The molecule has 3 aromatic rings. The molecule has 1 aliphatic rings. The van der Waals surface area contributed by atoms with Crippen molar-refractivity contribution in [3.05, 3.63) is 90.5 Å². The standard InChI is InChI=1S/C31H38NO6P/c33-26(24-37-28-16-14-27(15-17-28)36-23-25-10-4-1-5-11-25)22-32-21-18-30(38-29-12-6-2-7-13-29)31(39(34)35)19-8-3-9-20-31/h1-2,4-7,10-17,26,30,32-33H,3,8-9,18-24H2/p+1. The zero-order valence-corrected chi connectivity index (χ0v) is 23.2. The topological polar surface area (TPSA) is 97.3 Å². The van der Waals surface area contributed by atoms with Crippen molar-refractivity contribution in [1.29, 1.82) is 0 Å². The summed E-state index contributed by atoms with van der Waals surface area (Å²) in [5.41, 5.74) is 1.10. The van der Waals surface area contributed by atoms with Gasteiger partial charge in [0, 0.05) is 25.8 Å². The van der Waals surface area contributed by atoms with E-state index in [1.165, 1.54) is 0 Å². The summed E-state index contributed by atoms with van der Waals surface area (Å²) in [6.07, 6.45) is 3.78. The van der Waals surface area contributed by atoms with Gasteiger partial charge >= 0.3 is 8.03 Å². The molecule has 1 fully saturated rings. The Balaban J connectivity index is 1.21. The van der Waals surface area contributed by atoms with E-state index in [0.717, 1.165) is 30.6 Å². The Bertz CT molecular complexity index is 1120. The zero-order chi connectivity index (χ0) is 27.3. The van der Waals surface area contributed by atoms with Crippen molar-refractivity contribution in [2.75, 3.05) is 19.7 Å². The highest BCUT2D eigenvalue weighted by atomic mass is 31.1. The molecule has 3 aromatic carbocycles. The third kappa shape index (κ3) is 8.77. The van der Waals surface area contributed by atoms with Gasteiger partial charge < -0.3 is 24.6 Å². The SMILES string of the molecule is O=[P+](O)C1(C(CCNCC(O)COc2ccc(OCc3ccccc3)cc2)Oc2ccccc2)CCCCC1. The fourth-order valence-electron chi connectivity index (χ4n) is 5.03. The summed E-state index contributed by atoms with van der Waals surface area (Å²) >= 11 is 0. The van der Waals surface area contributed by atoms with Crippen LogP contribution in [0.4, 0.5) is 0 Å². The van der Waals surface area contributed by atoms with Crippen molar-refractivity contribution in [2.45, 2.75) is 62.5 Å². The Labute approximate surface area is 232 Å². The molecule has 4 rings (SSSR count). The first-order valence-electron chi connectivity index (χ1n) is 13.7. The van der Waals surface area contributed by atoms with Gasteiger partial charge in [0.25, 0.3) is 0 Å². The number of benzene rings is 3. The van der Waals surface area contributed by atoms with Crippen molar-refractivity contribution in [3.63, 3.8) is 0 Å². The van der Waals surface area contributed by atoms with Gasteiger partial charge in [0.15, 0.2) is 6.10 Å². The summed E-state index contributed by atoms with van der Waals surface area (Å²) in [4.78, 5) is 10.3. The van der Waals surface area contributed by atoms with Crippen LogP contribution in [0.25, 0.3) is 0 Å². The predicted molar refractivity (Wildman–Crippen MR) is 153 cm³/mol. The quantitative estimate of drug-likeness (QED) is 0.160. The van der Waals surface area contributed by atoms with E-state index < -0.39 is 25.4 Å². The number of hydrogen-bond donors (Lipinski definition) is 3. The molecule has 0 amide bonds. The highest BCUT2D eigenvalue weighted by molar-refractivity contribution is 7.40. The van der Waals surface area contributed by atoms with Gasteiger partial charge in [-0.2, -0.15) is 4.89 Å². The second-order valence-electron chi connectivity index (χ2n) is 10.1. The third-order valence-corrected chi connectivity index (χ3v) is 8.70. The van der Waals surface area contributed by atoms with E-state index in [0.29, 0.717) is 50.5 Å². The van der Waals surface area contributed by atoms with Gasteiger partial charge in [0.2, 0.25) is 5.16 Å². The van der Waals surface area contributed by atoms with E-state index in [2.05, 4.69) is 5.32 Å². The van der Waals surface area contributed by atoms with Gasteiger partial charge in [-0.15, -0.1) is 0 Å². The lowest BCUT2D eigenvalue weighted by Gasteiger charge is -2.34. The number of ether oxygens (including phenoxy) is 3. The molecule has 0 bridgehead atoms. The summed E-state index contributed by atoms with van der Waals surface area (Å²) in [6, 6.07) is 26.8. The molecule has 0 aliphatic heterocycles. The number of aliphatic hydroxyl groups is 1. The molecule has 0 saturated heterocycles. The van der Waals surface area contributed by atoms with Crippen LogP contribution >= 0.6 is 8.03 Å². The summed E-state index contributed by atoms with van der Waals surface area (Å²) in [7, 11) is -2.40. The second kappa shape index (κ2) is 15.0. The van der Waals surface area contributed by atoms with Gasteiger partial charge in [-0.1, -0.05) is 55.0 Å². The van der Waals surface area contributed by atoms with Crippen LogP contribution < -0.4 is 19.5 Å². The van der Waals surface area contributed by atoms with Gasteiger partial charge in [-0.25, -0.2) is 0 Å². The maximum atomic E-state index is 12.6. The maximum absolute atomic E-state index is 12.6. The van der Waals surface area contributed by atoms with E-state index in [1.54, 1.807) is 0 Å². The van der Waals surface area contributed by atoms with Crippen LogP contribution in [-0.4, -0.2) is 47.1 Å². The average molecular weight is 553 g/mol. The first-order chi connectivity index (χ1) is 19.0. The summed E-state index contributed by atoms with van der Waals surface area (Å²) in [5.74, 6) is 2.11. The number of rotatable bonds is 15. The number of aliphatic hydroxyl groups excluding tert-OH is 1. The van der Waals surface area contributed by atoms with Crippen molar-refractivity contribution in [2.24, 2.45) is 0 Å². The average Bonchev–Trinajstić information content (AvgIpc) is 2.98. The van der Waals surface area contributed by atoms with Crippen molar-refractivity contribution < 1.29 is 28.8 Å². The Kier molecular flexibility index (Phi) is 11.2. The first kappa shape index (κ1) is 29.0. The number of nitrogens with one attached hydrogen (secondary N) is 1. The van der Waals surface area contributed by atoms with E-state index >= 15 is 0 Å². The van der Waals surface area contributed by atoms with Crippen molar-refractivity contribution >= 4 is 8.03 Å². The minimum Gasteiger partial charge on any atom is -0.491 e. The molecular formula is C31H39NO6P+. The molecule has 3 N–H and O–H groups in total. The normalized spacial score (nSPS) is 16.6. The molecule has 208 valence electrons. The fraction of sp³-hybridized carbons (Fsp3) is 0.419. The van der Waals surface area contributed by atoms with Crippen LogP contribution in [0.3, 0.4) is 0 Å². The summed E-state index contributed by atoms with van der Waals surface area (Å²) < 4.78 is 30.4. The molecule has 0 radical (unpaired) electrons. The Morgan fingerprint density at radius 1 is 0.821 bits per heavy atom. The molecule has 0 aromatic heterocycles. The molecule has 39 heavy (non-hydrogen) atoms. The van der Waals surface area contributed by atoms with Crippen molar-refractivity contribution in [1.82, 2.24) is 5.32 Å². The van der Waals surface area contributed by atoms with Crippen LogP contribution in [0.1, 0.15) is 44.1 Å². The van der Waals surface area contributed by atoms with Crippen LogP contribution in [0.5, 0.6) is 17.2 Å². The minimum atomic E-state index is -2.40. The Morgan fingerprint density at radius 2 is 1.44 bits per heavy atom. The van der Waals surface area contributed by atoms with Crippen LogP contribution in [0, 0.1) is 0 Å². The highest BCUT2D eigenvalue weighted by Crippen LogP contribution is 2.50. The Hall–Kier alpha value is -2.96. The molecule has 1 aliphatic carbocycles. The fourth-order valence-corrected chi connectivity index (χ4v) is 6.15. The zero-order valence-electron chi connectivity index (χ0n) is 22.3. The molecular weight excluding hydrogens is 513 g/mol. The van der Waals surface area contributed by atoms with E-state index in [1.807, 2.05) is 84.9 Å². The van der Waals surface area contributed by atoms with Gasteiger partial charge in [0.05, 0.1) is 0 Å². The first-order valence-corrected chi connectivity index (χ1v) is 14.9. The van der Waals surface area contributed by atoms with Gasteiger partial charge in [-0.3, -0.25) is 0 Å². The van der Waals surface area contributed by atoms with Gasteiger partial charge in [0.1, 0.15) is 36.6 Å². The van der Waals surface area contributed by atoms with Crippen LogP contribution in [0.15, 0.2) is 84.9 Å². The molecule has 1 saturated carbocycles. The predicted octanol–water partition coefficient (Wildman–Crippen LogP) is 5.87. The summed E-state index contributed by atoms with van der Waals surface area (Å²) in [6.45, 7) is 1.54. The monoisotopic (exact) mass is 552 g/mol. The lowest BCUT2D eigenvalue weighted by atomic mass is 9.82. The Morgan fingerprint density at radius 3 is 2.08 bits per heavy atom. The lowest BCUT2D eigenvalue weighted by molar-refractivity contribution is 0.0968. The second-order valence-corrected chi connectivity index (χ2v) is 11.5. The number of hydrogen-bond acceptors (Lipinski definition) is 6. The molecule has 0 spiro atoms. The smallest absolute Gasteiger partial charge is 0.491 e. The number of para-hydroxylation sites is 1. The largest absolute Gasteiger partial charge is 0.515 e. The highest BCUT2D eigenvalue weighted by Gasteiger charge is 2.57.